The van der Waals surface area contributed by atoms with Crippen molar-refractivity contribution >= 4 is 11.0 Å². The largest absolute Gasteiger partial charge is 0.474 e. The van der Waals surface area contributed by atoms with Gasteiger partial charge in [0.15, 0.2) is 5.82 Å². The zero-order chi connectivity index (χ0) is 21.8. The molecule has 0 amide bonds. The van der Waals surface area contributed by atoms with Crippen LogP contribution in [-0.4, -0.2) is 32.3 Å². The van der Waals surface area contributed by atoms with Crippen molar-refractivity contribution < 1.29 is 22.3 Å². The zero-order valence-corrected chi connectivity index (χ0v) is 16.6. The van der Waals surface area contributed by atoms with Crippen molar-refractivity contribution in [2.45, 2.75) is 51.8 Å². The molecule has 4 rings (SSSR count). The van der Waals surface area contributed by atoms with E-state index in [4.69, 9.17) is 4.74 Å². The van der Waals surface area contributed by atoms with E-state index in [9.17, 15) is 22.4 Å². The van der Waals surface area contributed by atoms with E-state index < -0.39 is 18.1 Å². The third-order valence-corrected chi connectivity index (χ3v) is 4.93. The molecule has 0 saturated heterocycles. The normalized spacial score (nSPS) is 14.6. The van der Waals surface area contributed by atoms with Gasteiger partial charge in [0.05, 0.1) is 16.7 Å². The second kappa shape index (κ2) is 9.27. The van der Waals surface area contributed by atoms with Crippen molar-refractivity contribution in [3.63, 3.8) is 0 Å². The summed E-state index contributed by atoms with van der Waals surface area (Å²) in [4.78, 5) is 23.9. The molecule has 1 aliphatic carbocycles. The number of nitrogens with zero attached hydrogens (tertiary/aromatic N) is 3. The standard InChI is InChI=1S/C19H21FN4O2.CHF3/c1-11-22-15(9-17(23-11)26-12-6-4-3-5-7-12)13-10-21-16-8-14(20)19(25)24(2)18(13)16;2-1(3)4/h8-10,12,21H,3-7H2,1-2H3;1H. The van der Waals surface area contributed by atoms with Gasteiger partial charge >= 0.3 is 6.68 Å². The zero-order valence-electron chi connectivity index (χ0n) is 16.6. The minimum Gasteiger partial charge on any atom is -0.474 e. The third-order valence-electron chi connectivity index (χ3n) is 4.93. The van der Waals surface area contributed by atoms with Gasteiger partial charge in [-0.3, -0.25) is 4.79 Å². The maximum atomic E-state index is 13.7. The lowest BCUT2D eigenvalue weighted by molar-refractivity contribution is 0.00819. The van der Waals surface area contributed by atoms with E-state index in [0.717, 1.165) is 18.4 Å². The lowest BCUT2D eigenvalue weighted by Gasteiger charge is -2.22. The van der Waals surface area contributed by atoms with Crippen molar-refractivity contribution in [2.24, 2.45) is 7.05 Å². The fourth-order valence-electron chi connectivity index (χ4n) is 3.64. The Labute approximate surface area is 169 Å². The van der Waals surface area contributed by atoms with E-state index in [-0.39, 0.29) is 6.10 Å². The number of fused-ring (bicyclic) bond motifs is 1. The number of alkyl halides is 3. The summed E-state index contributed by atoms with van der Waals surface area (Å²) in [7, 11) is 1.55. The maximum absolute atomic E-state index is 13.7. The van der Waals surface area contributed by atoms with Gasteiger partial charge in [0.1, 0.15) is 11.9 Å². The van der Waals surface area contributed by atoms with Crippen molar-refractivity contribution in [3.05, 3.63) is 40.3 Å². The SMILES string of the molecule is Cc1nc(OC2CCCCC2)cc(-c2c[nH]c3cc(F)c(=O)n(C)c23)n1.FC(F)F. The summed E-state index contributed by atoms with van der Waals surface area (Å²) >= 11 is 0. The Morgan fingerprint density at radius 3 is 2.50 bits per heavy atom. The predicted octanol–water partition coefficient (Wildman–Crippen LogP) is 4.66. The van der Waals surface area contributed by atoms with E-state index in [1.54, 1.807) is 19.3 Å². The molecule has 162 valence electrons. The van der Waals surface area contributed by atoms with Crippen molar-refractivity contribution in [1.82, 2.24) is 19.5 Å². The smallest absolute Gasteiger partial charge is 0.379 e. The molecular weight excluding hydrogens is 404 g/mol. The number of pyridine rings is 1. The first-order valence-electron chi connectivity index (χ1n) is 9.57. The highest BCUT2D eigenvalue weighted by Crippen LogP contribution is 2.29. The van der Waals surface area contributed by atoms with Crippen LogP contribution in [0.25, 0.3) is 22.3 Å². The number of hydrogen-bond donors (Lipinski definition) is 1. The molecule has 3 aromatic rings. The number of H-pyrrole nitrogens is 1. The molecule has 6 nitrogen and oxygen atoms in total. The van der Waals surface area contributed by atoms with Crippen LogP contribution in [0.2, 0.25) is 0 Å². The molecule has 3 heterocycles. The van der Waals surface area contributed by atoms with Crippen LogP contribution in [0.5, 0.6) is 5.88 Å². The molecule has 1 aliphatic rings. The molecule has 10 heteroatoms. The van der Waals surface area contributed by atoms with Gasteiger partial charge in [-0.05, 0) is 32.6 Å². The summed E-state index contributed by atoms with van der Waals surface area (Å²) in [5.41, 5.74) is 1.86. The first-order valence-corrected chi connectivity index (χ1v) is 9.57. The molecule has 0 radical (unpaired) electrons. The van der Waals surface area contributed by atoms with Crippen molar-refractivity contribution in [1.29, 1.82) is 0 Å². The molecule has 1 N–H and O–H groups in total. The molecule has 0 aromatic carbocycles. The van der Waals surface area contributed by atoms with Crippen LogP contribution in [0, 0.1) is 12.7 Å². The van der Waals surface area contributed by atoms with E-state index in [0.29, 0.717) is 28.4 Å². The quantitative estimate of drug-likeness (QED) is 0.619. The fraction of sp³-hybridized carbons (Fsp3) is 0.450. The van der Waals surface area contributed by atoms with Crippen LogP contribution in [0.15, 0.2) is 23.1 Å². The summed E-state index contributed by atoms with van der Waals surface area (Å²) < 4.78 is 50.1. The molecule has 0 bridgehead atoms. The van der Waals surface area contributed by atoms with Crippen molar-refractivity contribution in [2.75, 3.05) is 0 Å². The van der Waals surface area contributed by atoms with Gasteiger partial charge in [-0.1, -0.05) is 6.42 Å². The highest BCUT2D eigenvalue weighted by Gasteiger charge is 2.18. The molecule has 30 heavy (non-hydrogen) atoms. The number of aryl methyl sites for hydroxylation is 2. The average molecular weight is 426 g/mol. The topological polar surface area (TPSA) is 72.8 Å². The lowest BCUT2D eigenvalue weighted by Crippen LogP contribution is -2.20. The monoisotopic (exact) mass is 426 g/mol. The average Bonchev–Trinajstić information content (AvgIpc) is 3.10. The van der Waals surface area contributed by atoms with Crippen LogP contribution in [0.4, 0.5) is 17.6 Å². The minimum absolute atomic E-state index is 0.187. The summed E-state index contributed by atoms with van der Waals surface area (Å²) in [6.07, 6.45) is 7.62. The molecule has 1 fully saturated rings. The van der Waals surface area contributed by atoms with Crippen LogP contribution >= 0.6 is 0 Å². The predicted molar refractivity (Wildman–Crippen MR) is 104 cm³/mol. The number of rotatable bonds is 3. The number of aromatic amines is 1. The van der Waals surface area contributed by atoms with Crippen LogP contribution in [0.1, 0.15) is 37.9 Å². The van der Waals surface area contributed by atoms with Gasteiger partial charge in [-0.25, -0.2) is 9.37 Å². The molecule has 0 atom stereocenters. The molecule has 1 saturated carbocycles. The Bertz CT molecular complexity index is 1070. The number of nitrogens with one attached hydrogen (secondary N) is 1. The lowest BCUT2D eigenvalue weighted by atomic mass is 9.98. The fourth-order valence-corrected chi connectivity index (χ4v) is 3.64. The first-order chi connectivity index (χ1) is 14.3. The van der Waals surface area contributed by atoms with Gasteiger partial charge in [-0.15, -0.1) is 0 Å². The minimum atomic E-state index is -3.67. The Hall–Kier alpha value is -2.91. The molecule has 0 aliphatic heterocycles. The highest BCUT2D eigenvalue weighted by atomic mass is 19.4. The van der Waals surface area contributed by atoms with Crippen LogP contribution in [0.3, 0.4) is 0 Å². The number of hydrogen-bond acceptors (Lipinski definition) is 4. The molecule has 0 spiro atoms. The third kappa shape index (κ3) is 4.98. The van der Waals surface area contributed by atoms with Gasteiger partial charge in [0.2, 0.25) is 5.88 Å². The highest BCUT2D eigenvalue weighted by molar-refractivity contribution is 5.91. The molecule has 3 aromatic heterocycles. The van der Waals surface area contributed by atoms with Gasteiger partial charge < -0.3 is 14.3 Å². The van der Waals surface area contributed by atoms with E-state index in [1.165, 1.54) is 29.9 Å². The van der Waals surface area contributed by atoms with Gasteiger partial charge in [-0.2, -0.15) is 18.2 Å². The van der Waals surface area contributed by atoms with Gasteiger partial charge in [0, 0.05) is 30.9 Å². The second-order valence-corrected chi connectivity index (χ2v) is 7.09. The van der Waals surface area contributed by atoms with Crippen LogP contribution < -0.4 is 10.3 Å². The summed E-state index contributed by atoms with van der Waals surface area (Å²) in [5.74, 6) is 0.351. The molecular formula is C20H22F4N4O2. The van der Waals surface area contributed by atoms with E-state index in [1.807, 2.05) is 6.92 Å². The second-order valence-electron chi connectivity index (χ2n) is 7.09. The maximum Gasteiger partial charge on any atom is 0.379 e. The summed E-state index contributed by atoms with van der Waals surface area (Å²) in [6.45, 7) is -1.86. The number of halogens is 4. The van der Waals surface area contributed by atoms with E-state index in [2.05, 4.69) is 15.0 Å². The van der Waals surface area contributed by atoms with Gasteiger partial charge in [0.25, 0.3) is 5.56 Å². The van der Waals surface area contributed by atoms with E-state index >= 15 is 0 Å². The summed E-state index contributed by atoms with van der Waals surface area (Å²) in [6, 6.07) is 3.01. The molecule has 0 unspecified atom stereocenters. The Morgan fingerprint density at radius 1 is 1.17 bits per heavy atom. The number of aromatic nitrogens is 4. The van der Waals surface area contributed by atoms with Crippen LogP contribution in [-0.2, 0) is 7.05 Å². The summed E-state index contributed by atoms with van der Waals surface area (Å²) in [5, 5.41) is 0. The van der Waals surface area contributed by atoms with Crippen molar-refractivity contribution in [3.8, 4) is 17.1 Å². The Morgan fingerprint density at radius 2 is 1.83 bits per heavy atom. The Kier molecular flexibility index (Phi) is 6.73. The first kappa shape index (κ1) is 21.8. The Balaban J connectivity index is 0.000000589. The number of ether oxygens (including phenoxy) is 1.